The molecule has 0 aliphatic heterocycles. The number of carboxylic acid groups (broad SMARTS) is 1. The molecule has 5 nitrogen and oxygen atoms in total. The normalized spacial score (nSPS) is 13.1. The number of hydrogen-bond acceptors (Lipinski definition) is 5. The molecule has 0 radical (unpaired) electrons. The van der Waals surface area contributed by atoms with Gasteiger partial charge in [0.05, 0.1) is 11.1 Å². The molecule has 1 aromatic heterocycles. The molecular weight excluding hydrogens is 431 g/mol. The van der Waals surface area contributed by atoms with E-state index in [1.807, 2.05) is 22.9 Å². The number of carboxylic acids is 1. The van der Waals surface area contributed by atoms with Crippen LogP contribution in [0.15, 0.2) is 59.3 Å². The lowest BCUT2D eigenvalue weighted by molar-refractivity contribution is -0.157. The Balaban J connectivity index is 2.00. The predicted octanol–water partition coefficient (Wildman–Crippen LogP) is 5.60. The van der Waals surface area contributed by atoms with Crippen molar-refractivity contribution >= 4 is 17.3 Å². The van der Waals surface area contributed by atoms with E-state index in [2.05, 4.69) is 0 Å². The van der Waals surface area contributed by atoms with Gasteiger partial charge in [-0.1, -0.05) is 18.2 Å². The summed E-state index contributed by atoms with van der Waals surface area (Å²) in [5.74, 6) is -1.57. The molecule has 0 saturated carbocycles. The van der Waals surface area contributed by atoms with Gasteiger partial charge in [-0.3, -0.25) is 0 Å². The smallest absolute Gasteiger partial charge is 0.416 e. The van der Waals surface area contributed by atoms with Crippen molar-refractivity contribution in [2.75, 3.05) is 0 Å². The molecule has 0 aliphatic rings. The molecule has 0 amide bonds. The van der Waals surface area contributed by atoms with Gasteiger partial charge in [0.2, 0.25) is 5.60 Å². The SMILES string of the molecule is CC(Oc1cc(OCc2ccsc2)ccc1C#N)(C(=O)O)c1ccccc1C(F)(F)F. The average molecular weight is 447 g/mol. The summed E-state index contributed by atoms with van der Waals surface area (Å²) in [5, 5.41) is 22.9. The predicted molar refractivity (Wildman–Crippen MR) is 107 cm³/mol. The highest BCUT2D eigenvalue weighted by molar-refractivity contribution is 7.07. The number of nitriles is 1. The Kier molecular flexibility index (Phi) is 6.22. The molecule has 31 heavy (non-hydrogen) atoms. The maximum absolute atomic E-state index is 13.5. The van der Waals surface area contributed by atoms with Gasteiger partial charge in [0, 0.05) is 11.6 Å². The van der Waals surface area contributed by atoms with E-state index in [0.717, 1.165) is 30.7 Å². The molecule has 1 heterocycles. The Bertz CT molecular complexity index is 1120. The van der Waals surface area contributed by atoms with Crippen molar-refractivity contribution in [2.24, 2.45) is 0 Å². The minimum Gasteiger partial charge on any atom is -0.489 e. The summed E-state index contributed by atoms with van der Waals surface area (Å²) in [6.07, 6.45) is -4.79. The van der Waals surface area contributed by atoms with Crippen molar-refractivity contribution in [1.29, 1.82) is 5.26 Å². The van der Waals surface area contributed by atoms with Crippen LogP contribution in [0.25, 0.3) is 0 Å². The minimum atomic E-state index is -4.79. The van der Waals surface area contributed by atoms with E-state index in [1.54, 1.807) is 0 Å². The summed E-state index contributed by atoms with van der Waals surface area (Å²) in [6, 6.07) is 12.1. The molecule has 0 spiro atoms. The van der Waals surface area contributed by atoms with Crippen molar-refractivity contribution in [2.45, 2.75) is 25.3 Å². The van der Waals surface area contributed by atoms with Crippen molar-refractivity contribution in [3.63, 3.8) is 0 Å². The molecule has 1 atom stereocenters. The standard InChI is InChI=1S/C22H16F3NO4S/c1-21(20(27)28,17-4-2-3-5-18(17)22(23,24)25)30-19-10-16(7-6-15(19)11-26)29-12-14-8-9-31-13-14/h2-10,13H,12H2,1H3,(H,27,28). The lowest BCUT2D eigenvalue weighted by Gasteiger charge is -2.29. The molecule has 3 rings (SSSR count). The van der Waals surface area contributed by atoms with Crippen LogP contribution >= 0.6 is 11.3 Å². The fourth-order valence-electron chi connectivity index (χ4n) is 2.89. The molecule has 1 unspecified atom stereocenters. The Morgan fingerprint density at radius 2 is 1.87 bits per heavy atom. The zero-order valence-corrected chi connectivity index (χ0v) is 17.0. The summed E-state index contributed by atoms with van der Waals surface area (Å²) in [5.41, 5.74) is -3.26. The second-order valence-electron chi connectivity index (χ2n) is 6.67. The first-order valence-corrected chi connectivity index (χ1v) is 9.86. The lowest BCUT2D eigenvalue weighted by atomic mass is 9.90. The fraction of sp³-hybridized carbons (Fsp3) is 0.182. The van der Waals surface area contributed by atoms with Gasteiger partial charge in [0.25, 0.3) is 0 Å². The minimum absolute atomic E-state index is 0.0418. The average Bonchev–Trinajstić information content (AvgIpc) is 3.25. The zero-order chi connectivity index (χ0) is 22.6. The van der Waals surface area contributed by atoms with E-state index in [4.69, 9.17) is 9.47 Å². The van der Waals surface area contributed by atoms with Gasteiger partial charge < -0.3 is 14.6 Å². The second-order valence-corrected chi connectivity index (χ2v) is 7.45. The quantitative estimate of drug-likeness (QED) is 0.510. The Hall–Kier alpha value is -3.51. The number of hydrogen-bond donors (Lipinski definition) is 1. The van der Waals surface area contributed by atoms with Crippen LogP contribution in [-0.2, 0) is 23.2 Å². The highest BCUT2D eigenvalue weighted by atomic mass is 32.1. The van der Waals surface area contributed by atoms with Gasteiger partial charge in [-0.15, -0.1) is 0 Å². The maximum atomic E-state index is 13.5. The number of alkyl halides is 3. The van der Waals surface area contributed by atoms with E-state index in [1.165, 1.54) is 35.6 Å². The topological polar surface area (TPSA) is 79.5 Å². The molecule has 0 fully saturated rings. The van der Waals surface area contributed by atoms with Crippen LogP contribution in [-0.4, -0.2) is 11.1 Å². The number of rotatable bonds is 7. The molecule has 0 bridgehead atoms. The number of thiophene rings is 1. The number of benzene rings is 2. The van der Waals surface area contributed by atoms with Crippen LogP contribution < -0.4 is 9.47 Å². The van der Waals surface area contributed by atoms with Gasteiger partial charge in [0.15, 0.2) is 0 Å². The van der Waals surface area contributed by atoms with Crippen LogP contribution in [0.5, 0.6) is 11.5 Å². The Morgan fingerprint density at radius 1 is 1.16 bits per heavy atom. The van der Waals surface area contributed by atoms with Crippen molar-refractivity contribution in [3.05, 3.63) is 81.5 Å². The molecular formula is C22H16F3NO4S. The molecule has 160 valence electrons. The summed E-state index contributed by atoms with van der Waals surface area (Å²) in [6.45, 7) is 1.24. The van der Waals surface area contributed by atoms with Gasteiger partial charge >= 0.3 is 12.1 Å². The largest absolute Gasteiger partial charge is 0.489 e. The summed E-state index contributed by atoms with van der Waals surface area (Å²) < 4.78 is 51.7. The Morgan fingerprint density at radius 3 is 2.45 bits per heavy atom. The first-order chi connectivity index (χ1) is 14.6. The first-order valence-electron chi connectivity index (χ1n) is 8.92. The molecule has 0 aliphatic carbocycles. The van der Waals surface area contributed by atoms with Crippen molar-refractivity contribution in [1.82, 2.24) is 0 Å². The zero-order valence-electron chi connectivity index (χ0n) is 16.1. The number of nitrogens with zero attached hydrogens (tertiary/aromatic N) is 1. The number of ether oxygens (including phenoxy) is 2. The van der Waals surface area contributed by atoms with E-state index in [-0.39, 0.29) is 23.7 Å². The maximum Gasteiger partial charge on any atom is 0.416 e. The summed E-state index contributed by atoms with van der Waals surface area (Å²) >= 11 is 1.49. The number of halogens is 3. The number of aliphatic carboxylic acids is 1. The summed E-state index contributed by atoms with van der Waals surface area (Å²) in [7, 11) is 0. The van der Waals surface area contributed by atoms with E-state index >= 15 is 0 Å². The van der Waals surface area contributed by atoms with Crippen molar-refractivity contribution < 1.29 is 32.5 Å². The highest BCUT2D eigenvalue weighted by Crippen LogP contribution is 2.40. The molecule has 2 aromatic carbocycles. The third-order valence-corrected chi connectivity index (χ3v) is 5.26. The second kappa shape index (κ2) is 8.70. The molecule has 3 aromatic rings. The fourth-order valence-corrected chi connectivity index (χ4v) is 3.54. The Labute approximate surface area is 179 Å². The van der Waals surface area contributed by atoms with Crippen LogP contribution in [0.4, 0.5) is 13.2 Å². The lowest BCUT2D eigenvalue weighted by Crippen LogP contribution is -2.40. The monoisotopic (exact) mass is 447 g/mol. The van der Waals surface area contributed by atoms with Gasteiger partial charge in [-0.05, 0) is 47.5 Å². The molecule has 0 saturated heterocycles. The van der Waals surface area contributed by atoms with E-state index in [9.17, 15) is 28.3 Å². The highest BCUT2D eigenvalue weighted by Gasteiger charge is 2.45. The van der Waals surface area contributed by atoms with E-state index in [0.29, 0.717) is 0 Å². The van der Waals surface area contributed by atoms with Crippen molar-refractivity contribution in [3.8, 4) is 17.6 Å². The van der Waals surface area contributed by atoms with Gasteiger partial charge in [0.1, 0.15) is 24.2 Å². The van der Waals surface area contributed by atoms with Crippen LogP contribution in [0.3, 0.4) is 0 Å². The summed E-state index contributed by atoms with van der Waals surface area (Å²) in [4.78, 5) is 12.1. The van der Waals surface area contributed by atoms with Crippen LogP contribution in [0.1, 0.15) is 29.2 Å². The number of carbonyl (C=O) groups is 1. The first kappa shape index (κ1) is 22.2. The molecule has 9 heteroatoms. The van der Waals surface area contributed by atoms with Gasteiger partial charge in [-0.25, -0.2) is 4.79 Å². The third-order valence-electron chi connectivity index (χ3n) is 4.53. The van der Waals surface area contributed by atoms with Crippen LogP contribution in [0, 0.1) is 11.3 Å². The van der Waals surface area contributed by atoms with Gasteiger partial charge in [-0.2, -0.15) is 29.8 Å². The van der Waals surface area contributed by atoms with Crippen LogP contribution in [0.2, 0.25) is 0 Å². The third kappa shape index (κ3) is 4.81. The van der Waals surface area contributed by atoms with E-state index < -0.39 is 28.9 Å². The molecule has 1 N–H and O–H groups in total.